The summed E-state index contributed by atoms with van der Waals surface area (Å²) in [5.74, 6) is 0.0905. The smallest absolute Gasteiger partial charge is 0.259 e. The van der Waals surface area contributed by atoms with Crippen molar-refractivity contribution in [3.63, 3.8) is 0 Å². The van der Waals surface area contributed by atoms with E-state index in [-0.39, 0.29) is 17.4 Å². The minimum absolute atomic E-state index is 0.0180. The first-order valence-corrected chi connectivity index (χ1v) is 7.40. The van der Waals surface area contributed by atoms with Crippen molar-refractivity contribution in [2.75, 3.05) is 0 Å². The molecule has 1 atom stereocenters. The van der Waals surface area contributed by atoms with Crippen LogP contribution in [0, 0.1) is 0 Å². The molecule has 2 aromatic carbocycles. The molecule has 0 aliphatic carbocycles. The molecule has 0 radical (unpaired) electrons. The zero-order chi connectivity index (χ0) is 15.3. The fourth-order valence-corrected chi connectivity index (χ4v) is 3.42. The average molecular weight is 289 g/mol. The molecule has 0 N–H and O–H groups in total. The summed E-state index contributed by atoms with van der Waals surface area (Å²) >= 11 is 0. The van der Waals surface area contributed by atoms with Crippen LogP contribution in [0.1, 0.15) is 24.9 Å². The van der Waals surface area contributed by atoms with Gasteiger partial charge < -0.3 is 0 Å². The summed E-state index contributed by atoms with van der Waals surface area (Å²) in [4.78, 5) is 24.6. The van der Waals surface area contributed by atoms with Gasteiger partial charge in [0.2, 0.25) is 0 Å². The number of pyridine rings is 1. The summed E-state index contributed by atoms with van der Waals surface area (Å²) in [5, 5.41) is 1.64. The molecule has 1 aliphatic rings. The van der Waals surface area contributed by atoms with E-state index in [0.717, 1.165) is 22.2 Å². The van der Waals surface area contributed by atoms with Gasteiger partial charge in [0, 0.05) is 17.4 Å². The second-order valence-electron chi connectivity index (χ2n) is 5.80. The number of benzene rings is 2. The molecule has 4 rings (SSSR count). The van der Waals surface area contributed by atoms with Crippen LogP contribution in [-0.4, -0.2) is 10.4 Å². The van der Waals surface area contributed by atoms with Gasteiger partial charge in [-0.1, -0.05) is 42.5 Å². The molecule has 108 valence electrons. The van der Waals surface area contributed by atoms with E-state index >= 15 is 0 Å². The van der Waals surface area contributed by atoms with Crippen molar-refractivity contribution >= 4 is 16.6 Å². The third kappa shape index (κ3) is 1.75. The van der Waals surface area contributed by atoms with Gasteiger partial charge in [-0.25, -0.2) is 0 Å². The predicted molar refractivity (Wildman–Crippen MR) is 87.1 cm³/mol. The first-order valence-electron chi connectivity index (χ1n) is 7.40. The molecule has 0 bridgehead atoms. The average Bonchev–Trinajstić information content (AvgIpc) is 2.82. The number of hydrogen-bond acceptors (Lipinski definition) is 2. The number of hydrogen-bond donors (Lipinski definition) is 0. The monoisotopic (exact) mass is 289 g/mol. The highest BCUT2D eigenvalue weighted by atomic mass is 16.1. The van der Waals surface area contributed by atoms with Gasteiger partial charge in [-0.3, -0.25) is 14.2 Å². The Balaban J connectivity index is 2.10. The number of Topliss-reactive ketones (excluding diaryl/α,β-unsaturated/α-hetero) is 1. The number of carbonyl (C=O) groups is 1. The first kappa shape index (κ1) is 13.0. The molecule has 2 heterocycles. The maximum atomic E-state index is 12.9. The lowest BCUT2D eigenvalue weighted by Gasteiger charge is -2.15. The number of ketones is 1. The van der Waals surface area contributed by atoms with Crippen LogP contribution in [0.4, 0.5) is 0 Å². The largest absolute Gasteiger partial charge is 0.300 e. The molecular formula is C19H15NO2. The molecular weight excluding hydrogens is 274 g/mol. The summed E-state index contributed by atoms with van der Waals surface area (Å²) in [7, 11) is 0. The fraction of sp³-hybridized carbons (Fsp3) is 0.158. The Hall–Kier alpha value is -2.68. The van der Waals surface area contributed by atoms with Gasteiger partial charge in [0.15, 0.2) is 0 Å². The second-order valence-corrected chi connectivity index (χ2v) is 5.80. The van der Waals surface area contributed by atoms with E-state index in [1.54, 1.807) is 11.5 Å². The summed E-state index contributed by atoms with van der Waals surface area (Å²) < 4.78 is 1.79. The van der Waals surface area contributed by atoms with Crippen molar-refractivity contribution in [1.82, 2.24) is 4.57 Å². The summed E-state index contributed by atoms with van der Waals surface area (Å²) in [6.07, 6.45) is 0.349. The van der Waals surface area contributed by atoms with Crippen molar-refractivity contribution in [2.45, 2.75) is 19.4 Å². The molecule has 1 aliphatic heterocycles. The normalized spacial score (nSPS) is 15.6. The minimum atomic E-state index is -0.194. The highest BCUT2D eigenvalue weighted by Gasteiger charge is 2.30. The molecule has 0 spiro atoms. The van der Waals surface area contributed by atoms with E-state index in [2.05, 4.69) is 6.07 Å². The standard InChI is InChI=1S/C19H15NO2/c1-12(21)10-17-15-8-4-5-9-16(15)18-11-13-6-2-3-7-14(13)19(22)20(17)18/h2-9,11,17H,10H2,1H3. The molecule has 1 unspecified atom stereocenters. The molecule has 3 nitrogen and oxygen atoms in total. The quantitative estimate of drug-likeness (QED) is 0.723. The van der Waals surface area contributed by atoms with Crippen molar-refractivity contribution in [1.29, 1.82) is 0 Å². The predicted octanol–water partition coefficient (Wildman–Crippen LogP) is 3.55. The lowest BCUT2D eigenvalue weighted by Crippen LogP contribution is -2.24. The van der Waals surface area contributed by atoms with Crippen molar-refractivity contribution in [3.8, 4) is 11.3 Å². The maximum absolute atomic E-state index is 12.9. The maximum Gasteiger partial charge on any atom is 0.259 e. The number of rotatable bonds is 2. The third-order valence-electron chi connectivity index (χ3n) is 4.35. The zero-order valence-electron chi connectivity index (χ0n) is 12.2. The molecule has 0 saturated heterocycles. The Morgan fingerprint density at radius 3 is 2.64 bits per heavy atom. The third-order valence-corrected chi connectivity index (χ3v) is 4.35. The zero-order valence-corrected chi connectivity index (χ0v) is 12.2. The molecule has 0 saturated carbocycles. The second kappa shape index (κ2) is 4.67. The van der Waals surface area contributed by atoms with Crippen LogP contribution in [0.25, 0.3) is 22.0 Å². The van der Waals surface area contributed by atoms with Crippen LogP contribution in [0.3, 0.4) is 0 Å². The van der Waals surface area contributed by atoms with Gasteiger partial charge in [0.05, 0.1) is 11.7 Å². The van der Waals surface area contributed by atoms with Crippen molar-refractivity contribution in [3.05, 3.63) is 70.5 Å². The van der Waals surface area contributed by atoms with Crippen LogP contribution in [0.5, 0.6) is 0 Å². The number of carbonyl (C=O) groups excluding carboxylic acids is 1. The van der Waals surface area contributed by atoms with Gasteiger partial charge in [0.25, 0.3) is 5.56 Å². The van der Waals surface area contributed by atoms with E-state index in [1.165, 1.54) is 0 Å². The van der Waals surface area contributed by atoms with Gasteiger partial charge in [-0.05, 0) is 30.0 Å². The Kier molecular flexibility index (Phi) is 2.76. The molecule has 22 heavy (non-hydrogen) atoms. The van der Waals surface area contributed by atoms with E-state index in [4.69, 9.17) is 0 Å². The summed E-state index contributed by atoms with van der Waals surface area (Å²) in [5.41, 5.74) is 3.00. The first-order chi connectivity index (χ1) is 10.7. The van der Waals surface area contributed by atoms with Gasteiger partial charge in [0.1, 0.15) is 5.78 Å². The van der Waals surface area contributed by atoms with Gasteiger partial charge in [-0.2, -0.15) is 0 Å². The highest BCUT2D eigenvalue weighted by Crippen LogP contribution is 2.40. The Bertz CT molecular complexity index is 969. The lowest BCUT2D eigenvalue weighted by molar-refractivity contribution is -0.117. The van der Waals surface area contributed by atoms with Crippen LogP contribution >= 0.6 is 0 Å². The van der Waals surface area contributed by atoms with E-state index < -0.39 is 0 Å². The van der Waals surface area contributed by atoms with Crippen molar-refractivity contribution < 1.29 is 4.79 Å². The number of fused-ring (bicyclic) bond motifs is 4. The van der Waals surface area contributed by atoms with Crippen LogP contribution < -0.4 is 5.56 Å². The molecule has 1 aromatic heterocycles. The summed E-state index contributed by atoms with van der Waals surface area (Å²) in [6.45, 7) is 1.58. The lowest BCUT2D eigenvalue weighted by atomic mass is 9.99. The minimum Gasteiger partial charge on any atom is -0.300 e. The van der Waals surface area contributed by atoms with Crippen LogP contribution in [-0.2, 0) is 4.79 Å². The van der Waals surface area contributed by atoms with Gasteiger partial charge in [-0.15, -0.1) is 0 Å². The Labute approximate surface area is 127 Å². The molecule has 0 fully saturated rings. The number of nitrogens with zero attached hydrogens (tertiary/aromatic N) is 1. The summed E-state index contributed by atoms with van der Waals surface area (Å²) in [6, 6.07) is 17.4. The van der Waals surface area contributed by atoms with Crippen molar-refractivity contribution in [2.24, 2.45) is 0 Å². The molecule has 0 amide bonds. The molecule has 3 aromatic rings. The Morgan fingerprint density at radius 2 is 1.82 bits per heavy atom. The van der Waals surface area contributed by atoms with Crippen LogP contribution in [0.2, 0.25) is 0 Å². The van der Waals surface area contributed by atoms with Crippen LogP contribution in [0.15, 0.2) is 59.4 Å². The SMILES string of the molecule is CC(=O)CC1c2ccccc2-c2cc3ccccc3c(=O)n21. The van der Waals surface area contributed by atoms with E-state index in [0.29, 0.717) is 11.8 Å². The van der Waals surface area contributed by atoms with Gasteiger partial charge >= 0.3 is 0 Å². The highest BCUT2D eigenvalue weighted by molar-refractivity contribution is 5.88. The Morgan fingerprint density at radius 1 is 1.09 bits per heavy atom. The molecule has 3 heteroatoms. The number of aromatic nitrogens is 1. The fourth-order valence-electron chi connectivity index (χ4n) is 3.42. The van der Waals surface area contributed by atoms with E-state index in [1.807, 2.05) is 48.5 Å². The topological polar surface area (TPSA) is 39.1 Å². The van der Waals surface area contributed by atoms with E-state index in [9.17, 15) is 9.59 Å².